The topological polar surface area (TPSA) is 95.9 Å². The molecule has 7 nitrogen and oxygen atoms in total. The Hall–Kier alpha value is -3.35. The van der Waals surface area contributed by atoms with Gasteiger partial charge in [-0.2, -0.15) is 0 Å². The summed E-state index contributed by atoms with van der Waals surface area (Å²) in [6.45, 7) is 0.262. The number of benzene rings is 2. The van der Waals surface area contributed by atoms with Gasteiger partial charge in [-0.15, -0.1) is 0 Å². The van der Waals surface area contributed by atoms with Crippen LogP contribution in [0.4, 0.5) is 4.79 Å². The molecule has 0 unspecified atom stereocenters. The second-order valence-corrected chi connectivity index (χ2v) is 8.85. The van der Waals surface area contributed by atoms with Crippen molar-refractivity contribution in [2.24, 2.45) is 5.41 Å². The monoisotopic (exact) mass is 436 g/mol. The highest BCUT2D eigenvalue weighted by Gasteiger charge is 2.40. The van der Waals surface area contributed by atoms with Gasteiger partial charge in [-0.25, -0.2) is 4.79 Å². The van der Waals surface area contributed by atoms with Crippen LogP contribution >= 0.6 is 0 Å². The molecule has 0 aliphatic heterocycles. The first-order valence-electron chi connectivity index (χ1n) is 10.9. The largest absolute Gasteiger partial charge is 0.480 e. The number of likely N-dealkylation sites (N-methyl/N-ethyl adjacent to an activating group) is 1. The van der Waals surface area contributed by atoms with E-state index in [1.165, 1.54) is 23.1 Å². The number of rotatable bonds is 8. The normalized spacial score (nSPS) is 15.8. The van der Waals surface area contributed by atoms with Crippen LogP contribution in [-0.2, 0) is 14.3 Å². The van der Waals surface area contributed by atoms with Crippen LogP contribution in [0.15, 0.2) is 48.5 Å². The SMILES string of the molecule is CN(CC(=O)O)C(=O)CC1(CNC(=O)OCC2c3ccccc3-c3ccccc32)CCC1. The van der Waals surface area contributed by atoms with Crippen LogP contribution in [0.5, 0.6) is 0 Å². The Kier molecular flexibility index (Phi) is 6.17. The number of nitrogens with zero attached hydrogens (tertiary/aromatic N) is 1. The summed E-state index contributed by atoms with van der Waals surface area (Å²) >= 11 is 0. The van der Waals surface area contributed by atoms with Gasteiger partial charge in [0, 0.05) is 25.9 Å². The van der Waals surface area contributed by atoms with Gasteiger partial charge >= 0.3 is 12.1 Å². The van der Waals surface area contributed by atoms with Gasteiger partial charge in [0.1, 0.15) is 13.2 Å². The molecule has 0 saturated heterocycles. The van der Waals surface area contributed by atoms with Crippen molar-refractivity contribution < 1.29 is 24.2 Å². The summed E-state index contributed by atoms with van der Waals surface area (Å²) in [5.41, 5.74) is 4.34. The van der Waals surface area contributed by atoms with Gasteiger partial charge in [0.25, 0.3) is 0 Å². The Morgan fingerprint density at radius 1 is 1.06 bits per heavy atom. The maximum absolute atomic E-state index is 12.5. The summed E-state index contributed by atoms with van der Waals surface area (Å²) in [5, 5.41) is 11.7. The number of ether oxygens (including phenoxy) is 1. The van der Waals surface area contributed by atoms with E-state index >= 15 is 0 Å². The van der Waals surface area contributed by atoms with Crippen LogP contribution in [-0.4, -0.2) is 54.7 Å². The van der Waals surface area contributed by atoms with E-state index < -0.39 is 12.1 Å². The number of carboxylic acids is 1. The third-order valence-electron chi connectivity index (χ3n) is 6.69. The second kappa shape index (κ2) is 9.02. The Balaban J connectivity index is 1.33. The molecule has 0 radical (unpaired) electrons. The highest BCUT2D eigenvalue weighted by Crippen LogP contribution is 2.45. The van der Waals surface area contributed by atoms with Gasteiger partial charge in [-0.3, -0.25) is 9.59 Å². The van der Waals surface area contributed by atoms with E-state index in [2.05, 4.69) is 29.6 Å². The molecule has 2 amide bonds. The Labute approximate surface area is 187 Å². The van der Waals surface area contributed by atoms with Crippen molar-refractivity contribution in [2.45, 2.75) is 31.6 Å². The van der Waals surface area contributed by atoms with Gasteiger partial charge < -0.3 is 20.1 Å². The molecule has 0 spiro atoms. The lowest BCUT2D eigenvalue weighted by atomic mass is 9.66. The summed E-state index contributed by atoms with van der Waals surface area (Å²) < 4.78 is 5.59. The molecule has 0 aromatic heterocycles. The number of aliphatic carboxylic acids is 1. The average Bonchev–Trinajstić information content (AvgIpc) is 3.07. The lowest BCUT2D eigenvalue weighted by Gasteiger charge is -2.42. The van der Waals surface area contributed by atoms with E-state index in [-0.39, 0.29) is 36.8 Å². The lowest BCUT2D eigenvalue weighted by Crippen LogP contribution is -2.46. The molecule has 32 heavy (non-hydrogen) atoms. The number of nitrogens with one attached hydrogen (secondary N) is 1. The summed E-state index contributed by atoms with van der Waals surface area (Å²) in [4.78, 5) is 36.9. The highest BCUT2D eigenvalue weighted by molar-refractivity contribution is 5.82. The van der Waals surface area contributed by atoms with Crippen LogP contribution in [0, 0.1) is 5.41 Å². The molecular formula is C25H28N2O5. The third-order valence-corrected chi connectivity index (χ3v) is 6.69. The molecule has 2 aliphatic carbocycles. The zero-order chi connectivity index (χ0) is 22.7. The summed E-state index contributed by atoms with van der Waals surface area (Å²) in [5.74, 6) is -1.27. The smallest absolute Gasteiger partial charge is 0.407 e. The van der Waals surface area contributed by atoms with Gasteiger partial charge in [-0.05, 0) is 40.5 Å². The average molecular weight is 437 g/mol. The Morgan fingerprint density at radius 3 is 2.19 bits per heavy atom. The van der Waals surface area contributed by atoms with Crippen molar-refractivity contribution in [3.63, 3.8) is 0 Å². The molecule has 168 valence electrons. The summed E-state index contributed by atoms with van der Waals surface area (Å²) in [7, 11) is 1.49. The van der Waals surface area contributed by atoms with Crippen molar-refractivity contribution >= 4 is 18.0 Å². The van der Waals surface area contributed by atoms with Crippen molar-refractivity contribution in [3.8, 4) is 11.1 Å². The van der Waals surface area contributed by atoms with E-state index in [0.29, 0.717) is 6.54 Å². The van der Waals surface area contributed by atoms with Crippen LogP contribution in [0.25, 0.3) is 11.1 Å². The molecule has 0 atom stereocenters. The standard InChI is InChI=1S/C25H28N2O5/c1-27(14-23(29)30)22(28)13-25(11-6-12-25)16-26-24(31)32-15-21-19-9-4-2-7-17(19)18-8-3-5-10-20(18)21/h2-5,7-10,21H,6,11-16H2,1H3,(H,26,31)(H,29,30). The molecule has 4 rings (SSSR count). The van der Waals surface area contributed by atoms with Crippen LogP contribution in [0.2, 0.25) is 0 Å². The number of hydrogen-bond donors (Lipinski definition) is 2. The van der Waals surface area contributed by atoms with Gasteiger partial charge in [0.15, 0.2) is 0 Å². The first kappa shape index (κ1) is 21.9. The third kappa shape index (κ3) is 4.47. The van der Waals surface area contributed by atoms with Crippen molar-refractivity contribution in [2.75, 3.05) is 26.7 Å². The zero-order valence-electron chi connectivity index (χ0n) is 18.2. The molecule has 7 heteroatoms. The van der Waals surface area contributed by atoms with E-state index in [1.807, 2.05) is 24.3 Å². The molecule has 2 aromatic carbocycles. The summed E-state index contributed by atoms with van der Waals surface area (Å²) in [6.07, 6.45) is 2.36. The Morgan fingerprint density at radius 2 is 1.66 bits per heavy atom. The molecule has 2 N–H and O–H groups in total. The second-order valence-electron chi connectivity index (χ2n) is 8.85. The molecule has 2 aliphatic rings. The number of hydrogen-bond acceptors (Lipinski definition) is 4. The number of carbonyl (C=O) groups excluding carboxylic acids is 2. The van der Waals surface area contributed by atoms with Crippen molar-refractivity contribution in [1.82, 2.24) is 10.2 Å². The Bertz CT molecular complexity index is 985. The van der Waals surface area contributed by atoms with Crippen LogP contribution < -0.4 is 5.32 Å². The van der Waals surface area contributed by atoms with E-state index in [1.54, 1.807) is 0 Å². The zero-order valence-corrected chi connectivity index (χ0v) is 18.2. The minimum Gasteiger partial charge on any atom is -0.480 e. The number of carbonyl (C=O) groups is 3. The fourth-order valence-corrected chi connectivity index (χ4v) is 4.75. The van der Waals surface area contributed by atoms with E-state index in [9.17, 15) is 14.4 Å². The maximum atomic E-state index is 12.5. The van der Waals surface area contributed by atoms with Gasteiger partial charge in [0.2, 0.25) is 5.91 Å². The first-order chi connectivity index (χ1) is 15.4. The predicted molar refractivity (Wildman–Crippen MR) is 119 cm³/mol. The molecule has 1 saturated carbocycles. The lowest BCUT2D eigenvalue weighted by molar-refractivity contribution is -0.145. The molecule has 0 heterocycles. The quantitative estimate of drug-likeness (QED) is 0.659. The van der Waals surface area contributed by atoms with E-state index in [4.69, 9.17) is 9.84 Å². The number of carboxylic acid groups (broad SMARTS) is 1. The first-order valence-corrected chi connectivity index (χ1v) is 10.9. The van der Waals surface area contributed by atoms with Crippen molar-refractivity contribution in [3.05, 3.63) is 59.7 Å². The van der Waals surface area contributed by atoms with Gasteiger partial charge in [-0.1, -0.05) is 55.0 Å². The summed E-state index contributed by atoms with van der Waals surface area (Å²) in [6, 6.07) is 16.3. The number of amides is 2. The number of fused-ring (bicyclic) bond motifs is 3. The van der Waals surface area contributed by atoms with E-state index in [0.717, 1.165) is 30.4 Å². The molecule has 0 bridgehead atoms. The van der Waals surface area contributed by atoms with Crippen LogP contribution in [0.1, 0.15) is 42.7 Å². The molecule has 1 fully saturated rings. The molecular weight excluding hydrogens is 408 g/mol. The minimum absolute atomic E-state index is 0.00272. The maximum Gasteiger partial charge on any atom is 0.407 e. The fraction of sp³-hybridized carbons (Fsp3) is 0.400. The van der Waals surface area contributed by atoms with Crippen molar-refractivity contribution in [1.29, 1.82) is 0 Å². The highest BCUT2D eigenvalue weighted by atomic mass is 16.5. The fourth-order valence-electron chi connectivity index (χ4n) is 4.75. The van der Waals surface area contributed by atoms with Crippen LogP contribution in [0.3, 0.4) is 0 Å². The van der Waals surface area contributed by atoms with Gasteiger partial charge in [0.05, 0.1) is 0 Å². The minimum atomic E-state index is -1.04. The molecule has 2 aromatic rings. The predicted octanol–water partition coefficient (Wildman–Crippen LogP) is 3.63. The number of alkyl carbamates (subject to hydrolysis) is 1.